The van der Waals surface area contributed by atoms with E-state index < -0.39 is 11.9 Å². The number of aliphatic hydroxyl groups is 1. The molecule has 0 aliphatic heterocycles. The molecule has 2 N–H and O–H groups in total. The highest BCUT2D eigenvalue weighted by Gasteiger charge is 2.09. The smallest absolute Gasteiger partial charge is 0.165 e. The first kappa shape index (κ1) is 12.8. The van der Waals surface area contributed by atoms with Crippen molar-refractivity contribution in [3.05, 3.63) is 59.0 Å². The van der Waals surface area contributed by atoms with Gasteiger partial charge in [0.2, 0.25) is 0 Å². The summed E-state index contributed by atoms with van der Waals surface area (Å²) in [7, 11) is 0. The fraction of sp³-hybridized carbons (Fsp3) is 0.154. The number of nitrogens with zero attached hydrogens (tertiary/aromatic N) is 1. The number of rotatable bonds is 4. The second kappa shape index (κ2) is 5.80. The molecule has 3 nitrogen and oxygen atoms in total. The van der Waals surface area contributed by atoms with E-state index in [1.165, 1.54) is 18.3 Å². The third-order valence-electron chi connectivity index (χ3n) is 2.48. The number of halogens is 2. The number of hydrogen-bond acceptors (Lipinski definition) is 3. The van der Waals surface area contributed by atoms with Gasteiger partial charge in [-0.2, -0.15) is 0 Å². The van der Waals surface area contributed by atoms with E-state index in [9.17, 15) is 9.50 Å². The van der Waals surface area contributed by atoms with Gasteiger partial charge in [-0.25, -0.2) is 9.37 Å². The van der Waals surface area contributed by atoms with Crippen molar-refractivity contribution in [2.45, 2.75) is 6.10 Å². The van der Waals surface area contributed by atoms with Crippen LogP contribution in [0, 0.1) is 5.82 Å². The molecule has 0 aliphatic carbocycles. The molecule has 1 atom stereocenters. The molecular formula is C13H12ClFN2O. The first-order valence-corrected chi connectivity index (χ1v) is 5.82. The van der Waals surface area contributed by atoms with Gasteiger partial charge in [-0.05, 0) is 29.8 Å². The Hall–Kier alpha value is -1.65. The van der Waals surface area contributed by atoms with Crippen LogP contribution in [0.25, 0.3) is 0 Å². The Balaban J connectivity index is 1.98. The van der Waals surface area contributed by atoms with E-state index in [0.29, 0.717) is 10.6 Å². The first-order valence-electron chi connectivity index (χ1n) is 5.45. The van der Waals surface area contributed by atoms with Crippen molar-refractivity contribution in [3.8, 4) is 0 Å². The van der Waals surface area contributed by atoms with Crippen molar-refractivity contribution in [2.24, 2.45) is 0 Å². The van der Waals surface area contributed by atoms with Gasteiger partial charge in [-0.3, -0.25) is 0 Å². The molecule has 1 aromatic carbocycles. The van der Waals surface area contributed by atoms with Crippen LogP contribution in [0.4, 0.5) is 10.2 Å². The van der Waals surface area contributed by atoms with Crippen LogP contribution in [0.1, 0.15) is 11.7 Å². The fourth-order valence-electron chi connectivity index (χ4n) is 1.51. The summed E-state index contributed by atoms with van der Waals surface area (Å²) in [6.45, 7) is 0.176. The molecule has 1 unspecified atom stereocenters. The largest absolute Gasteiger partial charge is 0.387 e. The number of benzene rings is 1. The van der Waals surface area contributed by atoms with Crippen LogP contribution in [0.5, 0.6) is 0 Å². The maximum absolute atomic E-state index is 13.3. The zero-order valence-corrected chi connectivity index (χ0v) is 10.2. The SMILES string of the molecule is OC(CNc1ncccc1F)c1ccc(Cl)cc1. The Labute approximate surface area is 109 Å². The van der Waals surface area contributed by atoms with Crippen molar-refractivity contribution in [2.75, 3.05) is 11.9 Å². The molecule has 94 valence electrons. The van der Waals surface area contributed by atoms with E-state index in [4.69, 9.17) is 11.6 Å². The summed E-state index contributed by atoms with van der Waals surface area (Å²) in [5, 5.41) is 13.3. The van der Waals surface area contributed by atoms with Crippen LogP contribution in [0.2, 0.25) is 5.02 Å². The number of aliphatic hydroxyl groups excluding tert-OH is 1. The van der Waals surface area contributed by atoms with E-state index in [1.807, 2.05) is 0 Å². The zero-order valence-electron chi connectivity index (χ0n) is 9.48. The number of aromatic nitrogens is 1. The van der Waals surface area contributed by atoms with Crippen LogP contribution in [-0.4, -0.2) is 16.6 Å². The van der Waals surface area contributed by atoms with Crippen LogP contribution in [-0.2, 0) is 0 Å². The summed E-state index contributed by atoms with van der Waals surface area (Å²) < 4.78 is 13.3. The van der Waals surface area contributed by atoms with Gasteiger partial charge in [0.1, 0.15) is 0 Å². The third-order valence-corrected chi connectivity index (χ3v) is 2.73. The molecule has 1 aromatic heterocycles. The van der Waals surface area contributed by atoms with E-state index in [1.54, 1.807) is 24.3 Å². The minimum Gasteiger partial charge on any atom is -0.387 e. The predicted octanol–water partition coefficient (Wildman–Crippen LogP) is 3.02. The quantitative estimate of drug-likeness (QED) is 0.894. The minimum absolute atomic E-state index is 0.130. The summed E-state index contributed by atoms with van der Waals surface area (Å²) in [5.41, 5.74) is 0.711. The van der Waals surface area contributed by atoms with Gasteiger partial charge in [0, 0.05) is 17.8 Å². The Kier molecular flexibility index (Phi) is 4.12. The van der Waals surface area contributed by atoms with Crippen molar-refractivity contribution in [3.63, 3.8) is 0 Å². The minimum atomic E-state index is -0.747. The monoisotopic (exact) mass is 266 g/mol. The average molecular weight is 267 g/mol. The lowest BCUT2D eigenvalue weighted by atomic mass is 10.1. The van der Waals surface area contributed by atoms with Gasteiger partial charge in [-0.15, -0.1) is 0 Å². The Morgan fingerprint density at radius 3 is 2.67 bits per heavy atom. The Morgan fingerprint density at radius 1 is 1.28 bits per heavy atom. The number of anilines is 1. The first-order chi connectivity index (χ1) is 8.66. The van der Waals surface area contributed by atoms with Crippen LogP contribution >= 0.6 is 11.6 Å². The van der Waals surface area contributed by atoms with Crippen LogP contribution < -0.4 is 5.32 Å². The van der Waals surface area contributed by atoms with Crippen molar-refractivity contribution < 1.29 is 9.50 Å². The second-order valence-electron chi connectivity index (χ2n) is 3.78. The molecule has 0 bridgehead atoms. The maximum Gasteiger partial charge on any atom is 0.165 e. The predicted molar refractivity (Wildman–Crippen MR) is 69.1 cm³/mol. The summed E-state index contributed by atoms with van der Waals surface area (Å²) in [5.74, 6) is -0.314. The lowest BCUT2D eigenvalue weighted by Gasteiger charge is -2.13. The van der Waals surface area contributed by atoms with E-state index in [-0.39, 0.29) is 12.4 Å². The number of nitrogens with one attached hydrogen (secondary N) is 1. The molecule has 0 radical (unpaired) electrons. The summed E-state index contributed by atoms with van der Waals surface area (Å²) in [6, 6.07) is 9.66. The lowest BCUT2D eigenvalue weighted by Crippen LogP contribution is -2.13. The topological polar surface area (TPSA) is 45.1 Å². The summed E-state index contributed by atoms with van der Waals surface area (Å²) >= 11 is 5.75. The van der Waals surface area contributed by atoms with Crippen molar-refractivity contribution in [1.82, 2.24) is 4.98 Å². The van der Waals surface area contributed by atoms with Gasteiger partial charge in [0.15, 0.2) is 11.6 Å². The standard InChI is InChI=1S/C13H12ClFN2O/c14-10-5-3-9(4-6-10)12(18)8-17-13-11(15)2-1-7-16-13/h1-7,12,18H,8H2,(H,16,17). The lowest BCUT2D eigenvalue weighted by molar-refractivity contribution is 0.191. The molecule has 0 amide bonds. The molecule has 1 heterocycles. The summed E-state index contributed by atoms with van der Waals surface area (Å²) in [4.78, 5) is 3.84. The zero-order chi connectivity index (χ0) is 13.0. The molecule has 2 aromatic rings. The highest BCUT2D eigenvalue weighted by molar-refractivity contribution is 6.30. The van der Waals surface area contributed by atoms with Gasteiger partial charge >= 0.3 is 0 Å². The Bertz CT molecular complexity index is 519. The van der Waals surface area contributed by atoms with Gasteiger partial charge in [-0.1, -0.05) is 23.7 Å². The van der Waals surface area contributed by atoms with E-state index in [0.717, 1.165) is 0 Å². The van der Waals surface area contributed by atoms with Crippen LogP contribution in [0.3, 0.4) is 0 Å². The maximum atomic E-state index is 13.3. The third kappa shape index (κ3) is 3.18. The molecule has 0 saturated heterocycles. The Morgan fingerprint density at radius 2 is 2.00 bits per heavy atom. The highest BCUT2D eigenvalue weighted by Crippen LogP contribution is 2.17. The van der Waals surface area contributed by atoms with Crippen molar-refractivity contribution >= 4 is 17.4 Å². The van der Waals surface area contributed by atoms with Crippen LogP contribution in [0.15, 0.2) is 42.6 Å². The molecule has 0 aliphatic rings. The highest BCUT2D eigenvalue weighted by atomic mass is 35.5. The molecule has 0 spiro atoms. The molecule has 18 heavy (non-hydrogen) atoms. The molecule has 0 fully saturated rings. The van der Waals surface area contributed by atoms with Gasteiger partial charge < -0.3 is 10.4 Å². The van der Waals surface area contributed by atoms with Gasteiger partial charge in [0.25, 0.3) is 0 Å². The summed E-state index contributed by atoms with van der Waals surface area (Å²) in [6.07, 6.45) is 0.740. The van der Waals surface area contributed by atoms with E-state index >= 15 is 0 Å². The van der Waals surface area contributed by atoms with Crippen molar-refractivity contribution in [1.29, 1.82) is 0 Å². The number of hydrogen-bond donors (Lipinski definition) is 2. The molecule has 0 saturated carbocycles. The number of pyridine rings is 1. The second-order valence-corrected chi connectivity index (χ2v) is 4.22. The molecular weight excluding hydrogens is 255 g/mol. The fourth-order valence-corrected chi connectivity index (χ4v) is 1.64. The molecule has 2 rings (SSSR count). The van der Waals surface area contributed by atoms with E-state index in [2.05, 4.69) is 10.3 Å². The van der Waals surface area contributed by atoms with Gasteiger partial charge in [0.05, 0.1) is 6.10 Å². The molecule has 5 heteroatoms. The average Bonchev–Trinajstić information content (AvgIpc) is 2.38. The normalized spacial score (nSPS) is 12.2.